The van der Waals surface area contributed by atoms with Gasteiger partial charge in [0.1, 0.15) is 6.61 Å². The molecule has 84 valence electrons. The Morgan fingerprint density at radius 2 is 2.19 bits per heavy atom. The Balaban J connectivity index is 1.77. The third-order valence-corrected chi connectivity index (χ3v) is 2.66. The zero-order valence-corrected chi connectivity index (χ0v) is 9.13. The third kappa shape index (κ3) is 2.31. The number of rotatable bonds is 5. The minimum atomic E-state index is 0.0656. The predicted octanol–water partition coefficient (Wildman–Crippen LogP) is 2.15. The van der Waals surface area contributed by atoms with Crippen LogP contribution in [0.3, 0.4) is 0 Å². The van der Waals surface area contributed by atoms with Crippen LogP contribution in [0.4, 0.5) is 0 Å². The van der Waals surface area contributed by atoms with Gasteiger partial charge < -0.3 is 0 Å². The van der Waals surface area contributed by atoms with Crippen molar-refractivity contribution >= 4 is 5.91 Å². The molecule has 0 spiro atoms. The largest absolute Gasteiger partial charge is 0.272 e. The number of benzene rings is 1. The van der Waals surface area contributed by atoms with Crippen molar-refractivity contribution in [1.82, 2.24) is 5.06 Å². The number of nitrogens with zero attached hydrogens (tertiary/aromatic N) is 1. The van der Waals surface area contributed by atoms with E-state index in [9.17, 15) is 4.79 Å². The summed E-state index contributed by atoms with van der Waals surface area (Å²) in [4.78, 5) is 16.9. The molecule has 1 aliphatic heterocycles. The van der Waals surface area contributed by atoms with Crippen LogP contribution >= 0.6 is 0 Å². The summed E-state index contributed by atoms with van der Waals surface area (Å²) in [5, 5.41) is 1.43. The van der Waals surface area contributed by atoms with Gasteiger partial charge in [-0.2, -0.15) is 0 Å². The van der Waals surface area contributed by atoms with E-state index in [4.69, 9.17) is 4.84 Å². The summed E-state index contributed by atoms with van der Waals surface area (Å²) in [5.74, 6) is 0.143. The van der Waals surface area contributed by atoms with E-state index in [1.165, 1.54) is 5.06 Å². The van der Waals surface area contributed by atoms with Crippen molar-refractivity contribution in [3.8, 4) is 0 Å². The Hall–Kier alpha value is -1.61. The Labute approximate surface area is 95.3 Å². The molecule has 0 saturated carbocycles. The average molecular weight is 217 g/mol. The molecule has 2 rings (SSSR count). The summed E-state index contributed by atoms with van der Waals surface area (Å²) in [5.41, 5.74) is 1.07. The van der Waals surface area contributed by atoms with Gasteiger partial charge in [-0.05, 0) is 12.0 Å². The highest BCUT2D eigenvalue weighted by molar-refractivity contribution is 5.83. The first-order valence-corrected chi connectivity index (χ1v) is 5.40. The monoisotopic (exact) mass is 217 g/mol. The van der Waals surface area contributed by atoms with Crippen LogP contribution in [0.15, 0.2) is 43.0 Å². The smallest absolute Gasteiger partial charge is 0.251 e. The second-order valence-corrected chi connectivity index (χ2v) is 3.88. The summed E-state index contributed by atoms with van der Waals surface area (Å²) in [7, 11) is 0. The molecule has 16 heavy (non-hydrogen) atoms. The maximum absolute atomic E-state index is 11.5. The van der Waals surface area contributed by atoms with Crippen LogP contribution in [-0.2, 0) is 16.2 Å². The van der Waals surface area contributed by atoms with Crippen LogP contribution < -0.4 is 0 Å². The lowest BCUT2D eigenvalue weighted by Crippen LogP contribution is -2.51. The normalized spacial score (nSPS) is 19.4. The molecule has 3 heteroatoms. The molecule has 1 atom stereocenters. The maximum Gasteiger partial charge on any atom is 0.251 e. The average Bonchev–Trinajstić information content (AvgIpc) is 2.33. The third-order valence-electron chi connectivity index (χ3n) is 2.66. The molecule has 1 saturated heterocycles. The van der Waals surface area contributed by atoms with Crippen molar-refractivity contribution in [2.24, 2.45) is 5.92 Å². The van der Waals surface area contributed by atoms with Crippen LogP contribution in [0.25, 0.3) is 0 Å². The second kappa shape index (κ2) is 4.94. The first-order valence-electron chi connectivity index (χ1n) is 5.40. The van der Waals surface area contributed by atoms with E-state index >= 15 is 0 Å². The van der Waals surface area contributed by atoms with E-state index in [1.807, 2.05) is 30.3 Å². The zero-order valence-electron chi connectivity index (χ0n) is 9.13. The van der Waals surface area contributed by atoms with Crippen LogP contribution in [0.2, 0.25) is 0 Å². The van der Waals surface area contributed by atoms with E-state index in [-0.39, 0.29) is 11.8 Å². The molecule has 0 unspecified atom stereocenters. The second-order valence-electron chi connectivity index (χ2n) is 3.88. The lowest BCUT2D eigenvalue weighted by Gasteiger charge is -2.36. The summed E-state index contributed by atoms with van der Waals surface area (Å²) >= 11 is 0. The highest BCUT2D eigenvalue weighted by atomic mass is 16.7. The number of amides is 1. The Morgan fingerprint density at radius 3 is 2.81 bits per heavy atom. The van der Waals surface area contributed by atoms with Crippen molar-refractivity contribution in [2.75, 3.05) is 6.54 Å². The molecule has 1 aromatic rings. The molecular weight excluding hydrogens is 202 g/mol. The number of hydrogen-bond donors (Lipinski definition) is 0. The van der Waals surface area contributed by atoms with Crippen molar-refractivity contribution in [2.45, 2.75) is 13.0 Å². The molecule has 3 nitrogen and oxygen atoms in total. The van der Waals surface area contributed by atoms with Crippen LogP contribution in [0, 0.1) is 5.92 Å². The highest BCUT2D eigenvalue weighted by Crippen LogP contribution is 2.22. The summed E-state index contributed by atoms with van der Waals surface area (Å²) in [6.07, 6.45) is 2.52. The van der Waals surface area contributed by atoms with Crippen LogP contribution in [-0.4, -0.2) is 17.5 Å². The molecule has 1 amide bonds. The van der Waals surface area contributed by atoms with Gasteiger partial charge in [0, 0.05) is 0 Å². The van der Waals surface area contributed by atoms with Crippen molar-refractivity contribution in [3.05, 3.63) is 48.6 Å². The molecule has 0 bridgehead atoms. The number of carbonyl (C=O) groups excluding carboxylic acids is 1. The van der Waals surface area contributed by atoms with Crippen molar-refractivity contribution in [3.63, 3.8) is 0 Å². The van der Waals surface area contributed by atoms with Gasteiger partial charge in [-0.15, -0.1) is 6.58 Å². The van der Waals surface area contributed by atoms with Crippen molar-refractivity contribution in [1.29, 1.82) is 0 Å². The molecule has 0 radical (unpaired) electrons. The van der Waals surface area contributed by atoms with Gasteiger partial charge in [0.2, 0.25) is 0 Å². The van der Waals surface area contributed by atoms with Gasteiger partial charge in [0.15, 0.2) is 0 Å². The fourth-order valence-electron chi connectivity index (χ4n) is 1.68. The molecule has 0 aromatic heterocycles. The van der Waals surface area contributed by atoms with Gasteiger partial charge in [-0.25, -0.2) is 5.06 Å². The summed E-state index contributed by atoms with van der Waals surface area (Å²) in [6.45, 7) is 4.75. The SMILES string of the molecule is C=CC[C@@H]1CN(OCc2ccccc2)C1=O. The topological polar surface area (TPSA) is 29.5 Å². The van der Waals surface area contributed by atoms with E-state index in [0.29, 0.717) is 13.2 Å². The molecular formula is C13H15NO2. The number of carbonyl (C=O) groups is 1. The number of allylic oxidation sites excluding steroid dienone is 1. The Kier molecular flexibility index (Phi) is 3.37. The van der Waals surface area contributed by atoms with Gasteiger partial charge in [0.05, 0.1) is 12.5 Å². The zero-order chi connectivity index (χ0) is 11.4. The number of β-lactam (4-membered cyclic amide) rings is 1. The molecule has 0 aliphatic carbocycles. The molecule has 1 heterocycles. The van der Waals surface area contributed by atoms with Crippen LogP contribution in [0.1, 0.15) is 12.0 Å². The molecule has 1 aromatic carbocycles. The van der Waals surface area contributed by atoms with Gasteiger partial charge >= 0.3 is 0 Å². The van der Waals surface area contributed by atoms with E-state index in [1.54, 1.807) is 6.08 Å². The first kappa shape index (κ1) is 10.9. The van der Waals surface area contributed by atoms with Crippen molar-refractivity contribution < 1.29 is 9.63 Å². The quantitative estimate of drug-likeness (QED) is 0.558. The van der Waals surface area contributed by atoms with E-state index in [0.717, 1.165) is 12.0 Å². The fourth-order valence-corrected chi connectivity index (χ4v) is 1.68. The van der Waals surface area contributed by atoms with Gasteiger partial charge in [-0.3, -0.25) is 9.63 Å². The Bertz CT molecular complexity index is 375. The predicted molar refractivity (Wildman–Crippen MR) is 61.2 cm³/mol. The van der Waals surface area contributed by atoms with E-state index in [2.05, 4.69) is 6.58 Å². The summed E-state index contributed by atoms with van der Waals surface area (Å²) < 4.78 is 0. The highest BCUT2D eigenvalue weighted by Gasteiger charge is 2.36. The maximum atomic E-state index is 11.5. The standard InChI is InChI=1S/C13H15NO2/c1-2-6-12-9-14(13(12)15)16-10-11-7-4-3-5-8-11/h2-5,7-8,12H,1,6,9-10H2/t12-/m1/s1. The minimum absolute atomic E-state index is 0.0656. The van der Waals surface area contributed by atoms with Gasteiger partial charge in [-0.1, -0.05) is 36.4 Å². The van der Waals surface area contributed by atoms with E-state index < -0.39 is 0 Å². The summed E-state index contributed by atoms with van der Waals surface area (Å²) in [6, 6.07) is 9.82. The Morgan fingerprint density at radius 1 is 1.44 bits per heavy atom. The molecule has 0 N–H and O–H groups in total. The number of hydrogen-bond acceptors (Lipinski definition) is 2. The van der Waals surface area contributed by atoms with Crippen LogP contribution in [0.5, 0.6) is 0 Å². The molecule has 1 aliphatic rings. The minimum Gasteiger partial charge on any atom is -0.272 e. The van der Waals surface area contributed by atoms with Gasteiger partial charge in [0.25, 0.3) is 5.91 Å². The first-order chi connectivity index (χ1) is 7.81. The lowest BCUT2D eigenvalue weighted by atomic mass is 9.98. The number of hydroxylamine groups is 2. The molecule has 1 fully saturated rings. The lowest BCUT2D eigenvalue weighted by molar-refractivity contribution is -0.225. The fraction of sp³-hybridized carbons (Fsp3) is 0.308.